The molecule has 0 aromatic heterocycles. The number of carboxylic acid groups (broad SMARTS) is 1. The molecule has 0 aliphatic rings. The minimum atomic E-state index is -3.29. The van der Waals surface area contributed by atoms with Crippen LogP contribution in [0.15, 0.2) is 0 Å². The van der Waals surface area contributed by atoms with E-state index in [1.165, 1.54) is 11.2 Å². The highest BCUT2D eigenvalue weighted by molar-refractivity contribution is 7.89. The molecule has 0 bridgehead atoms. The summed E-state index contributed by atoms with van der Waals surface area (Å²) >= 11 is 0. The van der Waals surface area contributed by atoms with E-state index >= 15 is 0 Å². The van der Waals surface area contributed by atoms with E-state index in [9.17, 15) is 13.2 Å². The Balaban J connectivity index is 4.54. The summed E-state index contributed by atoms with van der Waals surface area (Å²) in [5.41, 5.74) is 0. The maximum atomic E-state index is 11.8. The third kappa shape index (κ3) is 4.94. The second-order valence-corrected chi connectivity index (χ2v) is 5.95. The second-order valence-electron chi connectivity index (χ2n) is 3.86. The molecule has 0 saturated heterocycles. The Morgan fingerprint density at radius 1 is 1.38 bits per heavy atom. The molecule has 1 N–H and O–H groups in total. The van der Waals surface area contributed by atoms with Gasteiger partial charge in [0.1, 0.15) is 0 Å². The highest BCUT2D eigenvalue weighted by Crippen LogP contribution is 2.08. The fourth-order valence-electron chi connectivity index (χ4n) is 1.28. The van der Waals surface area contributed by atoms with Crippen LogP contribution in [0.4, 0.5) is 0 Å². The highest BCUT2D eigenvalue weighted by atomic mass is 32.2. The van der Waals surface area contributed by atoms with E-state index in [0.29, 0.717) is 13.0 Å². The molecular weight excluding hydrogens is 230 g/mol. The topological polar surface area (TPSA) is 74.7 Å². The lowest BCUT2D eigenvalue weighted by Gasteiger charge is -2.22. The maximum absolute atomic E-state index is 11.8. The summed E-state index contributed by atoms with van der Waals surface area (Å²) < 4.78 is 24.9. The van der Waals surface area contributed by atoms with Gasteiger partial charge in [-0.1, -0.05) is 27.2 Å². The predicted octanol–water partition coefficient (Wildman–Crippen LogP) is 1.16. The Bertz CT molecular complexity index is 313. The Labute approximate surface area is 97.5 Å². The molecule has 0 radical (unpaired) electrons. The van der Waals surface area contributed by atoms with Crippen LogP contribution in [0.1, 0.15) is 33.6 Å². The number of carboxylic acids is 1. The summed E-state index contributed by atoms with van der Waals surface area (Å²) in [6.45, 7) is 5.53. The molecule has 16 heavy (non-hydrogen) atoms. The number of rotatable bonds is 8. The zero-order valence-corrected chi connectivity index (χ0v) is 11.0. The predicted molar refractivity (Wildman–Crippen MR) is 62.7 cm³/mol. The molecule has 0 fully saturated rings. The molecule has 0 aromatic carbocycles. The van der Waals surface area contributed by atoms with Gasteiger partial charge < -0.3 is 5.11 Å². The van der Waals surface area contributed by atoms with Gasteiger partial charge in [-0.3, -0.25) is 4.79 Å². The normalized spacial score (nSPS) is 14.0. The summed E-state index contributed by atoms with van der Waals surface area (Å²) in [5, 5.41) is 8.75. The zero-order valence-electron chi connectivity index (χ0n) is 10.1. The number of sulfonamides is 1. The van der Waals surface area contributed by atoms with Crippen molar-refractivity contribution in [1.82, 2.24) is 4.31 Å². The molecule has 96 valence electrons. The van der Waals surface area contributed by atoms with Crippen LogP contribution in [-0.4, -0.2) is 42.6 Å². The molecule has 0 spiro atoms. The first-order chi connectivity index (χ1) is 7.35. The van der Waals surface area contributed by atoms with E-state index in [1.54, 1.807) is 6.92 Å². The number of hydrogen-bond donors (Lipinski definition) is 1. The summed E-state index contributed by atoms with van der Waals surface area (Å²) in [7, 11) is -3.29. The highest BCUT2D eigenvalue weighted by Gasteiger charge is 2.24. The standard InChI is InChI=1S/C10H21NO4S/c1-4-6-7-16(14,15)11(5-2)8-9(3)10(12)13/h9H,4-8H2,1-3H3,(H,12,13). The van der Waals surface area contributed by atoms with Crippen molar-refractivity contribution in [3.8, 4) is 0 Å². The van der Waals surface area contributed by atoms with E-state index in [1.807, 2.05) is 6.92 Å². The third-order valence-electron chi connectivity index (χ3n) is 2.40. The lowest BCUT2D eigenvalue weighted by atomic mass is 10.2. The molecular formula is C10H21NO4S. The van der Waals surface area contributed by atoms with Gasteiger partial charge in [-0.15, -0.1) is 0 Å². The first-order valence-electron chi connectivity index (χ1n) is 5.55. The minimum Gasteiger partial charge on any atom is -0.481 e. The summed E-state index contributed by atoms with van der Waals surface area (Å²) in [6, 6.07) is 0. The fraction of sp³-hybridized carbons (Fsp3) is 0.900. The van der Waals surface area contributed by atoms with E-state index in [4.69, 9.17) is 5.11 Å². The molecule has 0 rings (SSSR count). The van der Waals surface area contributed by atoms with Crippen LogP contribution in [0, 0.1) is 5.92 Å². The lowest BCUT2D eigenvalue weighted by Crippen LogP contribution is -2.38. The Hall–Kier alpha value is -0.620. The molecule has 1 atom stereocenters. The number of aliphatic carboxylic acids is 1. The van der Waals surface area contributed by atoms with Gasteiger partial charge in [0.25, 0.3) is 0 Å². The van der Waals surface area contributed by atoms with E-state index in [2.05, 4.69) is 0 Å². The van der Waals surface area contributed by atoms with Crippen molar-refractivity contribution >= 4 is 16.0 Å². The van der Waals surface area contributed by atoms with Crippen LogP contribution in [0.5, 0.6) is 0 Å². The summed E-state index contributed by atoms with van der Waals surface area (Å²) in [6.07, 6.45) is 1.42. The quantitative estimate of drug-likeness (QED) is 0.702. The Morgan fingerprint density at radius 2 is 1.94 bits per heavy atom. The number of nitrogens with zero attached hydrogens (tertiary/aromatic N) is 1. The number of unbranched alkanes of at least 4 members (excludes halogenated alkanes) is 1. The molecule has 0 aliphatic heterocycles. The molecule has 0 aliphatic carbocycles. The average Bonchev–Trinajstić information content (AvgIpc) is 2.22. The monoisotopic (exact) mass is 251 g/mol. The van der Waals surface area contributed by atoms with Crippen LogP contribution >= 0.6 is 0 Å². The van der Waals surface area contributed by atoms with Gasteiger partial charge in [0, 0.05) is 13.1 Å². The fourth-order valence-corrected chi connectivity index (χ4v) is 3.03. The SMILES string of the molecule is CCCCS(=O)(=O)N(CC)CC(C)C(=O)O. The van der Waals surface area contributed by atoms with E-state index < -0.39 is 21.9 Å². The first kappa shape index (κ1) is 15.4. The maximum Gasteiger partial charge on any atom is 0.307 e. The van der Waals surface area contributed by atoms with Crippen molar-refractivity contribution in [3.05, 3.63) is 0 Å². The van der Waals surface area contributed by atoms with Crippen LogP contribution < -0.4 is 0 Å². The van der Waals surface area contributed by atoms with Crippen LogP contribution in [0.25, 0.3) is 0 Å². The average molecular weight is 251 g/mol. The third-order valence-corrected chi connectivity index (χ3v) is 4.40. The molecule has 0 aromatic rings. The molecule has 0 saturated carbocycles. The van der Waals surface area contributed by atoms with Crippen molar-refractivity contribution in [2.75, 3.05) is 18.8 Å². The number of carbonyl (C=O) groups is 1. The largest absolute Gasteiger partial charge is 0.481 e. The van der Waals surface area contributed by atoms with Gasteiger partial charge in [-0.25, -0.2) is 12.7 Å². The van der Waals surface area contributed by atoms with Crippen LogP contribution in [0.3, 0.4) is 0 Å². The number of hydrogen-bond acceptors (Lipinski definition) is 3. The molecule has 0 amide bonds. The zero-order chi connectivity index (χ0) is 12.8. The van der Waals surface area contributed by atoms with Crippen molar-refractivity contribution in [2.24, 2.45) is 5.92 Å². The molecule has 6 heteroatoms. The minimum absolute atomic E-state index is 0.0535. The van der Waals surface area contributed by atoms with Gasteiger partial charge in [-0.2, -0.15) is 0 Å². The summed E-state index contributed by atoms with van der Waals surface area (Å²) in [5.74, 6) is -1.54. The second kappa shape index (κ2) is 6.85. The van der Waals surface area contributed by atoms with E-state index in [0.717, 1.165) is 6.42 Å². The molecule has 1 unspecified atom stereocenters. The molecule has 0 heterocycles. The Kier molecular flexibility index (Phi) is 6.59. The van der Waals surface area contributed by atoms with Crippen LogP contribution in [-0.2, 0) is 14.8 Å². The van der Waals surface area contributed by atoms with Crippen molar-refractivity contribution < 1.29 is 18.3 Å². The van der Waals surface area contributed by atoms with Gasteiger partial charge >= 0.3 is 5.97 Å². The smallest absolute Gasteiger partial charge is 0.307 e. The van der Waals surface area contributed by atoms with Gasteiger partial charge in [0.2, 0.25) is 10.0 Å². The lowest BCUT2D eigenvalue weighted by molar-refractivity contribution is -0.141. The molecule has 5 nitrogen and oxygen atoms in total. The van der Waals surface area contributed by atoms with Gasteiger partial charge in [-0.05, 0) is 6.42 Å². The van der Waals surface area contributed by atoms with Gasteiger partial charge in [0.05, 0.1) is 11.7 Å². The van der Waals surface area contributed by atoms with Crippen molar-refractivity contribution in [2.45, 2.75) is 33.6 Å². The Morgan fingerprint density at radius 3 is 2.31 bits per heavy atom. The van der Waals surface area contributed by atoms with Crippen LogP contribution in [0.2, 0.25) is 0 Å². The first-order valence-corrected chi connectivity index (χ1v) is 7.16. The van der Waals surface area contributed by atoms with Crippen molar-refractivity contribution in [1.29, 1.82) is 0 Å². The van der Waals surface area contributed by atoms with E-state index in [-0.39, 0.29) is 12.3 Å². The van der Waals surface area contributed by atoms with Crippen molar-refractivity contribution in [3.63, 3.8) is 0 Å². The summed E-state index contributed by atoms with van der Waals surface area (Å²) in [4.78, 5) is 10.7. The van der Waals surface area contributed by atoms with Gasteiger partial charge in [0.15, 0.2) is 0 Å².